The van der Waals surface area contributed by atoms with E-state index < -0.39 is 0 Å². The van der Waals surface area contributed by atoms with Crippen molar-refractivity contribution in [2.24, 2.45) is 5.92 Å². The molecule has 0 unspecified atom stereocenters. The molecule has 0 aliphatic heterocycles. The number of nitrogens with zero attached hydrogens (tertiary/aromatic N) is 2. The second-order valence-corrected chi connectivity index (χ2v) is 6.58. The minimum Gasteiger partial charge on any atom is -0.497 e. The maximum atomic E-state index is 12.0. The molecule has 7 nitrogen and oxygen atoms in total. The molecule has 1 aliphatic rings. The highest BCUT2D eigenvalue weighted by molar-refractivity contribution is 7.99. The van der Waals surface area contributed by atoms with Crippen molar-refractivity contribution < 1.29 is 14.3 Å². The lowest BCUT2D eigenvalue weighted by molar-refractivity contribution is -0.117. The molecule has 1 heterocycles. The van der Waals surface area contributed by atoms with E-state index in [1.807, 2.05) is 12.1 Å². The lowest BCUT2D eigenvalue weighted by Gasteiger charge is -2.07. The first-order valence-electron chi connectivity index (χ1n) is 7.85. The summed E-state index contributed by atoms with van der Waals surface area (Å²) in [5.74, 6) is 1.29. The van der Waals surface area contributed by atoms with E-state index >= 15 is 0 Å². The van der Waals surface area contributed by atoms with E-state index in [-0.39, 0.29) is 23.5 Å². The van der Waals surface area contributed by atoms with Gasteiger partial charge in [0.05, 0.1) is 12.9 Å². The second-order valence-electron chi connectivity index (χ2n) is 5.59. The zero-order chi connectivity index (χ0) is 17.6. The molecule has 2 N–H and O–H groups in total. The first-order valence-corrected chi connectivity index (χ1v) is 8.84. The number of rotatable bonds is 7. The summed E-state index contributed by atoms with van der Waals surface area (Å²) >= 11 is 1.27. The van der Waals surface area contributed by atoms with Crippen molar-refractivity contribution >= 4 is 35.1 Å². The Bertz CT molecular complexity index is 763. The number of hydrogen-bond donors (Lipinski definition) is 2. The number of hydrogen-bond acceptors (Lipinski definition) is 6. The summed E-state index contributed by atoms with van der Waals surface area (Å²) in [4.78, 5) is 23.6. The molecule has 1 saturated carbocycles. The van der Waals surface area contributed by atoms with E-state index in [9.17, 15) is 9.59 Å². The molecule has 1 aromatic carbocycles. The van der Waals surface area contributed by atoms with Gasteiger partial charge in [0.2, 0.25) is 11.8 Å². The molecule has 3 rings (SSSR count). The molecule has 25 heavy (non-hydrogen) atoms. The maximum absolute atomic E-state index is 12.0. The number of aromatic nitrogens is 2. The molecular formula is C17H18N4O3S. The summed E-state index contributed by atoms with van der Waals surface area (Å²) in [7, 11) is 1.58. The number of nitrogens with one attached hydrogen (secondary N) is 2. The van der Waals surface area contributed by atoms with E-state index in [4.69, 9.17) is 4.74 Å². The average Bonchev–Trinajstić information content (AvgIpc) is 3.46. The fourth-order valence-electron chi connectivity index (χ4n) is 2.07. The number of methoxy groups -OCH3 is 1. The van der Waals surface area contributed by atoms with Crippen molar-refractivity contribution in [2.75, 3.05) is 23.5 Å². The van der Waals surface area contributed by atoms with Gasteiger partial charge in [-0.15, -0.1) is 10.2 Å². The minimum absolute atomic E-state index is 0.00706. The predicted octanol–water partition coefficient (Wildman–Crippen LogP) is 2.56. The monoisotopic (exact) mass is 358 g/mol. The molecule has 0 spiro atoms. The number of benzene rings is 1. The topological polar surface area (TPSA) is 93.2 Å². The van der Waals surface area contributed by atoms with Crippen LogP contribution in [0.1, 0.15) is 12.8 Å². The van der Waals surface area contributed by atoms with Crippen molar-refractivity contribution in [1.29, 1.82) is 0 Å². The molecule has 130 valence electrons. The van der Waals surface area contributed by atoms with Crippen molar-refractivity contribution in [3.05, 3.63) is 36.4 Å². The van der Waals surface area contributed by atoms with Crippen LogP contribution in [0.5, 0.6) is 5.75 Å². The summed E-state index contributed by atoms with van der Waals surface area (Å²) in [5.41, 5.74) is 0.675. The molecule has 0 bridgehead atoms. The number of carbonyl (C=O) groups is 2. The summed E-state index contributed by atoms with van der Waals surface area (Å²) < 4.78 is 5.12. The normalized spacial score (nSPS) is 13.2. The summed E-state index contributed by atoms with van der Waals surface area (Å²) in [6.45, 7) is 0. The van der Waals surface area contributed by atoms with Gasteiger partial charge >= 0.3 is 0 Å². The average molecular weight is 358 g/mol. The van der Waals surface area contributed by atoms with Gasteiger partial charge in [-0.1, -0.05) is 17.8 Å². The Morgan fingerprint density at radius 1 is 1.20 bits per heavy atom. The Morgan fingerprint density at radius 2 is 2.04 bits per heavy atom. The van der Waals surface area contributed by atoms with Gasteiger partial charge < -0.3 is 15.4 Å². The number of anilines is 2. The Balaban J connectivity index is 1.47. The predicted molar refractivity (Wildman–Crippen MR) is 95.7 cm³/mol. The van der Waals surface area contributed by atoms with Gasteiger partial charge in [0.1, 0.15) is 10.8 Å². The molecule has 0 atom stereocenters. The molecule has 1 aliphatic carbocycles. The van der Waals surface area contributed by atoms with Gasteiger partial charge in [-0.3, -0.25) is 9.59 Å². The van der Waals surface area contributed by atoms with E-state index in [0.29, 0.717) is 22.3 Å². The quantitative estimate of drug-likeness (QED) is 0.739. The molecule has 1 fully saturated rings. The smallest absolute Gasteiger partial charge is 0.234 e. The van der Waals surface area contributed by atoms with Crippen LogP contribution in [0, 0.1) is 5.92 Å². The molecule has 2 aromatic rings. The first kappa shape index (κ1) is 17.2. The molecule has 0 radical (unpaired) electrons. The van der Waals surface area contributed by atoms with Gasteiger partial charge in [-0.05, 0) is 37.1 Å². The van der Waals surface area contributed by atoms with Crippen LogP contribution < -0.4 is 15.4 Å². The summed E-state index contributed by atoms with van der Waals surface area (Å²) in [6, 6.07) is 10.6. The van der Waals surface area contributed by atoms with Crippen LogP contribution in [0.2, 0.25) is 0 Å². The van der Waals surface area contributed by atoms with Crippen molar-refractivity contribution in [2.45, 2.75) is 17.9 Å². The van der Waals surface area contributed by atoms with Gasteiger partial charge in [0, 0.05) is 17.7 Å². The van der Waals surface area contributed by atoms with Crippen molar-refractivity contribution in [1.82, 2.24) is 10.2 Å². The first-order chi connectivity index (χ1) is 12.1. The number of ether oxygens (including phenoxy) is 1. The van der Waals surface area contributed by atoms with Gasteiger partial charge in [0.25, 0.3) is 0 Å². The van der Waals surface area contributed by atoms with Crippen LogP contribution in [-0.4, -0.2) is 34.9 Å². The lowest BCUT2D eigenvalue weighted by atomic mass is 10.3. The van der Waals surface area contributed by atoms with Crippen LogP contribution in [0.4, 0.5) is 11.5 Å². The number of thioether (sulfide) groups is 1. The van der Waals surface area contributed by atoms with Gasteiger partial charge in [0.15, 0.2) is 5.82 Å². The van der Waals surface area contributed by atoms with Crippen LogP contribution >= 0.6 is 11.8 Å². The second kappa shape index (κ2) is 7.98. The molecule has 2 amide bonds. The largest absolute Gasteiger partial charge is 0.497 e. The van der Waals surface area contributed by atoms with Crippen molar-refractivity contribution in [3.8, 4) is 5.75 Å². The maximum Gasteiger partial charge on any atom is 0.234 e. The van der Waals surface area contributed by atoms with Gasteiger partial charge in [-0.2, -0.15) is 0 Å². The molecule has 1 aromatic heterocycles. The Labute approximate surface area is 149 Å². The Kier molecular flexibility index (Phi) is 5.49. The van der Waals surface area contributed by atoms with Crippen LogP contribution in [0.3, 0.4) is 0 Å². The standard InChI is InChI=1S/C17H18N4O3S/c1-24-13-4-2-3-12(9-13)18-15(22)10-25-16-8-7-14(20-21-16)19-17(23)11-5-6-11/h2-4,7-9,11H,5-6,10H2,1H3,(H,18,22)(H,19,20,23). The van der Waals surface area contributed by atoms with E-state index in [1.165, 1.54) is 11.8 Å². The lowest BCUT2D eigenvalue weighted by Crippen LogP contribution is -2.15. The fourth-order valence-corrected chi connectivity index (χ4v) is 2.69. The summed E-state index contributed by atoms with van der Waals surface area (Å²) in [6.07, 6.45) is 1.88. The van der Waals surface area contributed by atoms with E-state index in [2.05, 4.69) is 20.8 Å². The number of carbonyl (C=O) groups excluding carboxylic acids is 2. The Hall–Kier alpha value is -2.61. The third-order valence-corrected chi connectivity index (χ3v) is 4.46. The van der Waals surface area contributed by atoms with Crippen LogP contribution in [0.15, 0.2) is 41.4 Å². The van der Waals surface area contributed by atoms with E-state index in [0.717, 1.165) is 12.8 Å². The molecule has 0 saturated heterocycles. The highest BCUT2D eigenvalue weighted by Crippen LogP contribution is 2.30. The van der Waals surface area contributed by atoms with Crippen LogP contribution in [-0.2, 0) is 9.59 Å². The third kappa shape index (κ3) is 5.18. The van der Waals surface area contributed by atoms with E-state index in [1.54, 1.807) is 31.4 Å². The Morgan fingerprint density at radius 3 is 2.72 bits per heavy atom. The number of amides is 2. The highest BCUT2D eigenvalue weighted by Gasteiger charge is 2.29. The molecular weight excluding hydrogens is 340 g/mol. The zero-order valence-corrected chi connectivity index (χ0v) is 14.5. The summed E-state index contributed by atoms with van der Waals surface area (Å²) in [5, 5.41) is 14.1. The fraction of sp³-hybridized carbons (Fsp3) is 0.294. The zero-order valence-electron chi connectivity index (χ0n) is 13.7. The van der Waals surface area contributed by atoms with Gasteiger partial charge in [-0.25, -0.2) is 0 Å². The SMILES string of the molecule is COc1cccc(NC(=O)CSc2ccc(NC(=O)C3CC3)nn2)c1. The highest BCUT2D eigenvalue weighted by atomic mass is 32.2. The third-order valence-electron chi connectivity index (χ3n) is 3.54. The van der Waals surface area contributed by atoms with Crippen LogP contribution in [0.25, 0.3) is 0 Å². The van der Waals surface area contributed by atoms with Crippen molar-refractivity contribution in [3.63, 3.8) is 0 Å². The minimum atomic E-state index is -0.147. The molecule has 8 heteroatoms.